The van der Waals surface area contributed by atoms with Crippen molar-refractivity contribution in [1.29, 1.82) is 0 Å². The van der Waals surface area contributed by atoms with E-state index in [1.165, 1.54) is 10.8 Å². The Labute approximate surface area is 114 Å². The number of carbonyl (C=O) groups is 1. The third-order valence-electron chi connectivity index (χ3n) is 2.74. The van der Waals surface area contributed by atoms with Crippen molar-refractivity contribution in [3.63, 3.8) is 0 Å². The molecule has 1 amide bonds. The van der Waals surface area contributed by atoms with Crippen LogP contribution in [0.25, 0.3) is 10.8 Å². The van der Waals surface area contributed by atoms with E-state index >= 15 is 0 Å². The first kappa shape index (κ1) is 11.2. The van der Waals surface area contributed by atoms with Crippen LogP contribution in [0.15, 0.2) is 42.5 Å². The summed E-state index contributed by atoms with van der Waals surface area (Å²) in [6.45, 7) is 0. The molecule has 0 aromatic heterocycles. The maximum atomic E-state index is 11.8. The SMILES string of the molecule is O=C1C[Se]C(=[Se])N1c1ccc2ccccc2c1. The maximum absolute atomic E-state index is 11.8. The summed E-state index contributed by atoms with van der Waals surface area (Å²) in [5, 5.41) is 3.04. The molecule has 2 nitrogen and oxygen atoms in total. The molecule has 17 heavy (non-hydrogen) atoms. The fourth-order valence-electron chi connectivity index (χ4n) is 1.92. The van der Waals surface area contributed by atoms with Crippen molar-refractivity contribution in [2.24, 2.45) is 0 Å². The molecule has 1 heterocycles. The molecule has 2 aromatic carbocycles. The zero-order valence-corrected chi connectivity index (χ0v) is 12.3. The summed E-state index contributed by atoms with van der Waals surface area (Å²) in [6, 6.07) is 14.4. The molecule has 1 aliphatic heterocycles. The van der Waals surface area contributed by atoms with E-state index in [0.717, 1.165) is 9.13 Å². The van der Waals surface area contributed by atoms with E-state index in [1.807, 2.05) is 23.1 Å². The molecule has 2 aromatic rings. The fourth-order valence-corrected chi connectivity index (χ4v) is 4.49. The van der Waals surface area contributed by atoms with Crippen LogP contribution in [0.2, 0.25) is 5.32 Å². The summed E-state index contributed by atoms with van der Waals surface area (Å²) >= 11 is 3.30. The van der Waals surface area contributed by atoms with Gasteiger partial charge in [0.1, 0.15) is 0 Å². The first-order valence-electron chi connectivity index (χ1n) is 5.24. The van der Waals surface area contributed by atoms with Gasteiger partial charge in [-0.05, 0) is 0 Å². The van der Waals surface area contributed by atoms with E-state index in [0.29, 0.717) is 5.32 Å². The molecule has 0 atom stereocenters. The summed E-state index contributed by atoms with van der Waals surface area (Å²) in [5.41, 5.74) is 0.974. The summed E-state index contributed by atoms with van der Waals surface area (Å²) in [7, 11) is 0. The van der Waals surface area contributed by atoms with E-state index in [2.05, 4.69) is 39.8 Å². The van der Waals surface area contributed by atoms with Crippen LogP contribution < -0.4 is 4.90 Å². The average Bonchev–Trinajstić information content (AvgIpc) is 2.68. The molecule has 4 heteroatoms. The molecule has 0 saturated carbocycles. The summed E-state index contributed by atoms with van der Waals surface area (Å²) in [6.07, 6.45) is 0. The number of rotatable bonds is 1. The first-order chi connectivity index (χ1) is 8.25. The van der Waals surface area contributed by atoms with Gasteiger partial charge >= 0.3 is 114 Å². The predicted octanol–water partition coefficient (Wildman–Crippen LogP) is 1.56. The van der Waals surface area contributed by atoms with Crippen LogP contribution in [0.3, 0.4) is 0 Å². The zero-order chi connectivity index (χ0) is 11.8. The molecule has 0 aliphatic carbocycles. The van der Waals surface area contributed by atoms with Gasteiger partial charge in [0, 0.05) is 0 Å². The Balaban J connectivity index is 2.12. The second kappa shape index (κ2) is 4.39. The summed E-state index contributed by atoms with van der Waals surface area (Å²) in [4.78, 5) is 13.6. The van der Waals surface area contributed by atoms with E-state index < -0.39 is 0 Å². The van der Waals surface area contributed by atoms with E-state index in [-0.39, 0.29) is 20.9 Å². The molecule has 0 bridgehead atoms. The van der Waals surface area contributed by atoms with Crippen LogP contribution in [0, 0.1) is 0 Å². The Morgan fingerprint density at radius 3 is 2.59 bits per heavy atom. The Morgan fingerprint density at radius 2 is 1.88 bits per heavy atom. The molecular formula is C13H9NOSe2. The Bertz CT molecular complexity index is 608. The number of nitrogens with zero attached hydrogens (tertiary/aromatic N) is 1. The van der Waals surface area contributed by atoms with Crippen LogP contribution in [0.4, 0.5) is 5.69 Å². The number of carbonyl (C=O) groups excluding carboxylic acids is 1. The van der Waals surface area contributed by atoms with Crippen LogP contribution in [0.1, 0.15) is 0 Å². The third-order valence-corrected chi connectivity index (χ3v) is 6.13. The number of benzene rings is 2. The van der Waals surface area contributed by atoms with Crippen LogP contribution in [-0.4, -0.2) is 39.9 Å². The van der Waals surface area contributed by atoms with Crippen LogP contribution in [-0.2, 0) is 4.79 Å². The van der Waals surface area contributed by atoms with Gasteiger partial charge in [-0.3, -0.25) is 0 Å². The molecule has 0 N–H and O–H groups in total. The van der Waals surface area contributed by atoms with Gasteiger partial charge in [0.05, 0.1) is 0 Å². The number of fused-ring (bicyclic) bond motifs is 1. The normalized spacial score (nSPS) is 15.9. The van der Waals surface area contributed by atoms with Crippen molar-refractivity contribution in [2.45, 2.75) is 5.32 Å². The van der Waals surface area contributed by atoms with Crippen molar-refractivity contribution in [3.8, 4) is 0 Å². The zero-order valence-electron chi connectivity index (χ0n) is 8.92. The summed E-state index contributed by atoms with van der Waals surface area (Å²) in [5.74, 6) is 0.203. The molecular weight excluding hydrogens is 344 g/mol. The molecule has 0 spiro atoms. The topological polar surface area (TPSA) is 20.3 Å². The standard InChI is InChI=1S/C13H9NOSe2/c15-12-8-17-13(16)14(12)11-6-5-9-3-1-2-4-10(9)7-11/h1-7H,8H2. The minimum absolute atomic E-state index is 0.203. The average molecular weight is 353 g/mol. The second-order valence-electron chi connectivity index (χ2n) is 3.82. The molecule has 1 fully saturated rings. The molecule has 84 valence electrons. The molecule has 1 saturated heterocycles. The van der Waals surface area contributed by atoms with Crippen molar-refractivity contribution >= 4 is 56.3 Å². The van der Waals surface area contributed by atoms with E-state index in [4.69, 9.17) is 0 Å². The van der Waals surface area contributed by atoms with Gasteiger partial charge in [0.2, 0.25) is 0 Å². The van der Waals surface area contributed by atoms with Gasteiger partial charge in [-0.2, -0.15) is 0 Å². The third kappa shape index (κ3) is 1.98. The van der Waals surface area contributed by atoms with Crippen LogP contribution >= 0.6 is 0 Å². The molecule has 3 rings (SSSR count). The van der Waals surface area contributed by atoms with Gasteiger partial charge in [-0.15, -0.1) is 0 Å². The van der Waals surface area contributed by atoms with Crippen molar-refractivity contribution in [2.75, 3.05) is 4.90 Å². The first-order valence-corrected chi connectivity index (χ1v) is 8.17. The Hall–Kier alpha value is -0.921. The van der Waals surface area contributed by atoms with E-state index in [9.17, 15) is 4.79 Å². The number of hydrogen-bond donors (Lipinski definition) is 0. The van der Waals surface area contributed by atoms with Gasteiger partial charge in [-0.1, -0.05) is 0 Å². The number of anilines is 1. The van der Waals surface area contributed by atoms with E-state index in [1.54, 1.807) is 0 Å². The van der Waals surface area contributed by atoms with Crippen molar-refractivity contribution in [3.05, 3.63) is 42.5 Å². The quantitative estimate of drug-likeness (QED) is 0.713. The fraction of sp³-hybridized carbons (Fsp3) is 0.0769. The Kier molecular flexibility index (Phi) is 2.89. The summed E-state index contributed by atoms with van der Waals surface area (Å²) < 4.78 is 1.08. The molecule has 0 unspecified atom stereocenters. The van der Waals surface area contributed by atoms with Crippen molar-refractivity contribution < 1.29 is 4.79 Å². The van der Waals surface area contributed by atoms with Crippen molar-refractivity contribution in [1.82, 2.24) is 0 Å². The minimum atomic E-state index is 0.203. The van der Waals surface area contributed by atoms with Gasteiger partial charge in [0.15, 0.2) is 0 Å². The van der Waals surface area contributed by atoms with Gasteiger partial charge < -0.3 is 0 Å². The second-order valence-corrected chi connectivity index (χ2v) is 7.96. The number of hydrogen-bond acceptors (Lipinski definition) is 1. The Morgan fingerprint density at radius 1 is 1.12 bits per heavy atom. The monoisotopic (exact) mass is 355 g/mol. The predicted molar refractivity (Wildman–Crippen MR) is 72.8 cm³/mol. The number of amides is 1. The molecule has 0 radical (unpaired) electrons. The van der Waals surface area contributed by atoms with Gasteiger partial charge in [-0.25, -0.2) is 0 Å². The van der Waals surface area contributed by atoms with Gasteiger partial charge in [0.25, 0.3) is 0 Å². The van der Waals surface area contributed by atoms with Crippen LogP contribution in [0.5, 0.6) is 0 Å². The molecule has 1 aliphatic rings.